The summed E-state index contributed by atoms with van der Waals surface area (Å²) in [7, 11) is 1.38. The molecule has 1 aromatic carbocycles. The Morgan fingerprint density at radius 2 is 1.92 bits per heavy atom. The van der Waals surface area contributed by atoms with Gasteiger partial charge in [-0.25, -0.2) is 4.79 Å². The molecule has 2 aromatic rings. The molecule has 0 aliphatic carbocycles. The number of methoxy groups -OCH3 is 1. The number of nitrogens with zero attached hydrogens (tertiary/aromatic N) is 3. The number of carbonyl (C=O) groups is 1. The molecule has 1 N–H and O–H groups in total. The molecule has 0 radical (unpaired) electrons. The van der Waals surface area contributed by atoms with E-state index in [0.29, 0.717) is 6.54 Å². The van der Waals surface area contributed by atoms with Crippen LogP contribution in [0.1, 0.15) is 11.6 Å². The molecular formula is C19H24N4O2. The van der Waals surface area contributed by atoms with Gasteiger partial charge in [0, 0.05) is 50.8 Å². The fourth-order valence-corrected chi connectivity index (χ4v) is 3.21. The van der Waals surface area contributed by atoms with E-state index >= 15 is 0 Å². The summed E-state index contributed by atoms with van der Waals surface area (Å²) in [4.78, 5) is 20.5. The summed E-state index contributed by atoms with van der Waals surface area (Å²) in [6.45, 7) is 4.27. The zero-order valence-corrected chi connectivity index (χ0v) is 14.5. The molecule has 3 rings (SSSR count). The summed E-state index contributed by atoms with van der Waals surface area (Å²) >= 11 is 0. The van der Waals surface area contributed by atoms with E-state index in [2.05, 4.69) is 50.4 Å². The van der Waals surface area contributed by atoms with Crippen LogP contribution in [0, 0.1) is 0 Å². The van der Waals surface area contributed by atoms with E-state index < -0.39 is 6.09 Å². The first-order chi connectivity index (χ1) is 12.3. The number of hydrogen-bond acceptors (Lipinski definition) is 5. The van der Waals surface area contributed by atoms with Crippen LogP contribution in [0.4, 0.5) is 10.5 Å². The highest BCUT2D eigenvalue weighted by Crippen LogP contribution is 2.23. The van der Waals surface area contributed by atoms with Gasteiger partial charge < -0.3 is 15.0 Å². The molecule has 0 unspecified atom stereocenters. The van der Waals surface area contributed by atoms with Gasteiger partial charge in [0.2, 0.25) is 0 Å². The maximum atomic E-state index is 11.5. The number of para-hydroxylation sites is 1. The second kappa shape index (κ2) is 8.48. The Morgan fingerprint density at radius 3 is 2.56 bits per heavy atom. The molecule has 1 aliphatic heterocycles. The largest absolute Gasteiger partial charge is 0.453 e. The van der Waals surface area contributed by atoms with E-state index in [0.717, 1.165) is 31.7 Å². The van der Waals surface area contributed by atoms with Crippen molar-refractivity contribution in [3.8, 4) is 0 Å². The van der Waals surface area contributed by atoms with Crippen molar-refractivity contribution in [2.75, 3.05) is 44.7 Å². The van der Waals surface area contributed by atoms with E-state index in [9.17, 15) is 4.79 Å². The molecular weight excluding hydrogens is 316 g/mol. The Labute approximate surface area is 148 Å². The second-order valence-corrected chi connectivity index (χ2v) is 6.03. The SMILES string of the molecule is COC(=O)NC[C@@H](c1cccnc1)N1CCN(c2ccccc2)CC1. The minimum Gasteiger partial charge on any atom is -0.453 e. The van der Waals surface area contributed by atoms with Crippen LogP contribution in [0.25, 0.3) is 0 Å². The van der Waals surface area contributed by atoms with Gasteiger partial charge in [0.1, 0.15) is 0 Å². The Morgan fingerprint density at radius 1 is 1.16 bits per heavy atom. The smallest absolute Gasteiger partial charge is 0.406 e. The molecule has 1 saturated heterocycles. The predicted molar refractivity (Wildman–Crippen MR) is 97.6 cm³/mol. The fourth-order valence-electron chi connectivity index (χ4n) is 3.21. The highest BCUT2D eigenvalue weighted by Gasteiger charge is 2.25. The van der Waals surface area contributed by atoms with E-state index in [1.54, 1.807) is 6.20 Å². The average Bonchev–Trinajstić information content (AvgIpc) is 2.70. The molecule has 1 atom stereocenters. The first-order valence-electron chi connectivity index (χ1n) is 8.53. The number of pyridine rings is 1. The highest BCUT2D eigenvalue weighted by atomic mass is 16.5. The second-order valence-electron chi connectivity index (χ2n) is 6.03. The molecule has 0 bridgehead atoms. The van der Waals surface area contributed by atoms with Crippen LogP contribution < -0.4 is 10.2 Å². The number of rotatable bonds is 5. The molecule has 25 heavy (non-hydrogen) atoms. The van der Waals surface area contributed by atoms with Crippen LogP contribution in [0.3, 0.4) is 0 Å². The molecule has 1 fully saturated rings. The number of piperazine rings is 1. The first-order valence-corrected chi connectivity index (χ1v) is 8.53. The zero-order valence-electron chi connectivity index (χ0n) is 14.5. The average molecular weight is 340 g/mol. The zero-order chi connectivity index (χ0) is 17.5. The number of anilines is 1. The summed E-state index contributed by atoms with van der Waals surface area (Å²) in [6, 6.07) is 14.5. The van der Waals surface area contributed by atoms with Crippen LogP contribution in [-0.2, 0) is 4.74 Å². The van der Waals surface area contributed by atoms with Gasteiger partial charge in [0.05, 0.1) is 13.2 Å². The number of hydrogen-bond donors (Lipinski definition) is 1. The number of benzene rings is 1. The third-order valence-corrected chi connectivity index (χ3v) is 4.57. The fraction of sp³-hybridized carbons (Fsp3) is 0.368. The van der Waals surface area contributed by atoms with Gasteiger partial charge in [0.25, 0.3) is 0 Å². The van der Waals surface area contributed by atoms with Crippen molar-refractivity contribution in [3.63, 3.8) is 0 Å². The molecule has 1 aliphatic rings. The van der Waals surface area contributed by atoms with E-state index in [-0.39, 0.29) is 6.04 Å². The van der Waals surface area contributed by atoms with Crippen molar-refractivity contribution in [1.29, 1.82) is 0 Å². The van der Waals surface area contributed by atoms with Crippen molar-refractivity contribution < 1.29 is 9.53 Å². The van der Waals surface area contributed by atoms with E-state index in [1.807, 2.05) is 18.3 Å². The first kappa shape index (κ1) is 17.2. The summed E-state index contributed by atoms with van der Waals surface area (Å²) in [5.74, 6) is 0. The molecule has 1 aromatic heterocycles. The van der Waals surface area contributed by atoms with Gasteiger partial charge in [-0.3, -0.25) is 9.88 Å². The lowest BCUT2D eigenvalue weighted by Gasteiger charge is -2.40. The normalized spacial score (nSPS) is 16.3. The number of nitrogens with one attached hydrogen (secondary N) is 1. The van der Waals surface area contributed by atoms with Crippen LogP contribution >= 0.6 is 0 Å². The maximum absolute atomic E-state index is 11.5. The number of amides is 1. The summed E-state index contributed by atoms with van der Waals surface area (Å²) in [5, 5.41) is 2.83. The molecule has 132 valence electrons. The Balaban J connectivity index is 1.66. The monoisotopic (exact) mass is 340 g/mol. The lowest BCUT2D eigenvalue weighted by molar-refractivity contribution is 0.154. The molecule has 6 heteroatoms. The van der Waals surface area contributed by atoms with Gasteiger partial charge in [-0.05, 0) is 23.8 Å². The van der Waals surface area contributed by atoms with Crippen LogP contribution in [0.15, 0.2) is 54.9 Å². The number of aromatic nitrogens is 1. The Hall–Kier alpha value is -2.60. The van der Waals surface area contributed by atoms with Gasteiger partial charge in [-0.15, -0.1) is 0 Å². The van der Waals surface area contributed by atoms with Gasteiger partial charge in [-0.2, -0.15) is 0 Å². The molecule has 6 nitrogen and oxygen atoms in total. The molecule has 2 heterocycles. The van der Waals surface area contributed by atoms with Crippen LogP contribution in [-0.4, -0.2) is 55.8 Å². The van der Waals surface area contributed by atoms with Crippen molar-refractivity contribution in [2.45, 2.75) is 6.04 Å². The number of ether oxygens (including phenoxy) is 1. The van der Waals surface area contributed by atoms with Crippen molar-refractivity contribution in [2.24, 2.45) is 0 Å². The predicted octanol–water partition coefficient (Wildman–Crippen LogP) is 2.30. The van der Waals surface area contributed by atoms with Crippen LogP contribution in [0.2, 0.25) is 0 Å². The lowest BCUT2D eigenvalue weighted by Crippen LogP contribution is -2.50. The standard InChI is InChI=1S/C19H24N4O2/c1-25-19(24)21-15-18(16-6-5-9-20-14-16)23-12-10-22(11-13-23)17-7-3-2-4-8-17/h2-9,14,18H,10-13,15H2,1H3,(H,21,24)/t18-/m0/s1. The molecule has 1 amide bonds. The van der Waals surface area contributed by atoms with E-state index in [1.165, 1.54) is 12.8 Å². The Kier molecular flexibility index (Phi) is 5.85. The minimum atomic E-state index is -0.406. The molecule has 0 saturated carbocycles. The number of carbonyl (C=O) groups excluding carboxylic acids is 1. The summed E-state index contributed by atoms with van der Waals surface area (Å²) < 4.78 is 4.71. The summed E-state index contributed by atoms with van der Waals surface area (Å²) in [5.41, 5.74) is 2.36. The number of alkyl carbamates (subject to hydrolysis) is 1. The van der Waals surface area contributed by atoms with Crippen molar-refractivity contribution in [3.05, 3.63) is 60.4 Å². The maximum Gasteiger partial charge on any atom is 0.406 e. The van der Waals surface area contributed by atoms with Crippen molar-refractivity contribution >= 4 is 11.8 Å². The van der Waals surface area contributed by atoms with Gasteiger partial charge >= 0.3 is 6.09 Å². The van der Waals surface area contributed by atoms with Crippen molar-refractivity contribution in [1.82, 2.24) is 15.2 Å². The lowest BCUT2D eigenvalue weighted by atomic mass is 10.1. The van der Waals surface area contributed by atoms with Gasteiger partial charge in [-0.1, -0.05) is 24.3 Å². The third kappa shape index (κ3) is 4.48. The van der Waals surface area contributed by atoms with Crippen LogP contribution in [0.5, 0.6) is 0 Å². The van der Waals surface area contributed by atoms with Gasteiger partial charge in [0.15, 0.2) is 0 Å². The topological polar surface area (TPSA) is 57.7 Å². The molecule has 0 spiro atoms. The minimum absolute atomic E-state index is 0.0886. The van der Waals surface area contributed by atoms with E-state index in [4.69, 9.17) is 4.74 Å². The quantitative estimate of drug-likeness (QED) is 0.905. The third-order valence-electron chi connectivity index (χ3n) is 4.57. The summed E-state index contributed by atoms with van der Waals surface area (Å²) in [6.07, 6.45) is 3.23. The highest BCUT2D eigenvalue weighted by molar-refractivity contribution is 5.66. The Bertz CT molecular complexity index is 658.